The molecule has 0 aromatic heterocycles. The number of nitrogens with one attached hydrogen (secondary N) is 1. The van der Waals surface area contributed by atoms with Gasteiger partial charge >= 0.3 is 0 Å². The van der Waals surface area contributed by atoms with Crippen LogP contribution in [-0.4, -0.2) is 31.1 Å². The van der Waals surface area contributed by atoms with Gasteiger partial charge in [0, 0.05) is 7.05 Å². The Bertz CT molecular complexity index is 162. The zero-order valence-electron chi connectivity index (χ0n) is 8.68. The van der Waals surface area contributed by atoms with Gasteiger partial charge in [0.05, 0.1) is 5.66 Å². The zero-order chi connectivity index (χ0) is 9.73. The molecule has 0 saturated heterocycles. The summed E-state index contributed by atoms with van der Waals surface area (Å²) in [5.41, 5.74) is -0.0712. The van der Waals surface area contributed by atoms with Gasteiger partial charge in [0.25, 0.3) is 0 Å². The van der Waals surface area contributed by atoms with Gasteiger partial charge in [0.1, 0.15) is 0 Å². The Morgan fingerprint density at radius 2 is 1.77 bits per heavy atom. The third-order valence-electron chi connectivity index (χ3n) is 3.23. The van der Waals surface area contributed by atoms with Crippen molar-refractivity contribution in [2.45, 2.75) is 44.2 Å². The summed E-state index contributed by atoms with van der Waals surface area (Å²) in [7, 11) is 3.82. The molecule has 1 N–H and O–H groups in total. The summed E-state index contributed by atoms with van der Waals surface area (Å²) in [5, 5.41) is 3.30. The Hall–Kier alpha value is -0.570. The van der Waals surface area contributed by atoms with Crippen LogP contribution in [-0.2, 0) is 4.79 Å². The molecule has 0 aromatic rings. The molecule has 1 fully saturated rings. The number of carbonyl (C=O) groups excluding carboxylic acids is 1. The highest BCUT2D eigenvalue weighted by Crippen LogP contribution is 2.28. The number of hydrogen-bond donors (Lipinski definition) is 1. The van der Waals surface area contributed by atoms with E-state index < -0.39 is 0 Å². The molecule has 1 amide bonds. The van der Waals surface area contributed by atoms with Crippen LogP contribution in [0, 0.1) is 0 Å². The van der Waals surface area contributed by atoms with Gasteiger partial charge in [0.15, 0.2) is 0 Å². The van der Waals surface area contributed by atoms with Crippen molar-refractivity contribution < 1.29 is 4.79 Å². The fraction of sp³-hybridized carbons (Fsp3) is 0.900. The molecular formula is C10H20N2O. The van der Waals surface area contributed by atoms with Gasteiger partial charge in [-0.05, 0) is 32.7 Å². The predicted molar refractivity (Wildman–Crippen MR) is 53.3 cm³/mol. The molecule has 1 aliphatic carbocycles. The Kier molecular flexibility index (Phi) is 3.72. The lowest BCUT2D eigenvalue weighted by molar-refractivity contribution is -0.123. The molecule has 3 nitrogen and oxygen atoms in total. The Balaban J connectivity index is 2.69. The van der Waals surface area contributed by atoms with E-state index in [4.69, 9.17) is 0 Å². The topological polar surface area (TPSA) is 32.3 Å². The van der Waals surface area contributed by atoms with Crippen molar-refractivity contribution in [3.05, 3.63) is 0 Å². The van der Waals surface area contributed by atoms with Crippen molar-refractivity contribution in [3.63, 3.8) is 0 Å². The van der Waals surface area contributed by atoms with Crippen LogP contribution in [0.1, 0.15) is 38.5 Å². The molecule has 0 radical (unpaired) electrons. The van der Waals surface area contributed by atoms with Gasteiger partial charge in [-0.25, -0.2) is 0 Å². The van der Waals surface area contributed by atoms with E-state index in [0.29, 0.717) is 0 Å². The minimum Gasteiger partial charge on any atom is -0.330 e. The summed E-state index contributed by atoms with van der Waals surface area (Å²) in [6.07, 6.45) is 8.14. The summed E-state index contributed by atoms with van der Waals surface area (Å²) >= 11 is 0. The van der Waals surface area contributed by atoms with E-state index in [1.54, 1.807) is 4.90 Å². The number of nitrogens with zero attached hydrogens (tertiary/aromatic N) is 1. The zero-order valence-corrected chi connectivity index (χ0v) is 8.68. The van der Waals surface area contributed by atoms with Crippen LogP contribution < -0.4 is 5.32 Å². The van der Waals surface area contributed by atoms with Crippen LogP contribution in [0.2, 0.25) is 0 Å². The summed E-state index contributed by atoms with van der Waals surface area (Å²) in [4.78, 5) is 12.6. The maximum absolute atomic E-state index is 10.8. The van der Waals surface area contributed by atoms with E-state index in [9.17, 15) is 4.79 Å². The van der Waals surface area contributed by atoms with Crippen molar-refractivity contribution >= 4 is 6.41 Å². The molecule has 76 valence electrons. The minimum absolute atomic E-state index is 0.0712. The monoisotopic (exact) mass is 184 g/mol. The highest BCUT2D eigenvalue weighted by Gasteiger charge is 2.32. The van der Waals surface area contributed by atoms with E-state index >= 15 is 0 Å². The standard InChI is InChI=1S/C10H20N2O/c1-11-10(12(2)9-13)7-5-3-4-6-8-10/h9,11H,3-8H2,1-2H3. The Morgan fingerprint density at radius 3 is 2.15 bits per heavy atom. The van der Waals surface area contributed by atoms with Gasteiger partial charge in [-0.3, -0.25) is 10.1 Å². The second-order valence-electron chi connectivity index (χ2n) is 3.91. The van der Waals surface area contributed by atoms with Crippen LogP contribution in [0.4, 0.5) is 0 Å². The van der Waals surface area contributed by atoms with Crippen LogP contribution >= 0.6 is 0 Å². The molecular weight excluding hydrogens is 164 g/mol. The number of amides is 1. The van der Waals surface area contributed by atoms with Gasteiger partial charge in [-0.1, -0.05) is 12.8 Å². The molecule has 0 aliphatic heterocycles. The van der Waals surface area contributed by atoms with E-state index in [1.807, 2.05) is 14.1 Å². The lowest BCUT2D eigenvalue weighted by atomic mass is 9.99. The van der Waals surface area contributed by atoms with E-state index in [2.05, 4.69) is 5.32 Å². The minimum atomic E-state index is -0.0712. The van der Waals surface area contributed by atoms with E-state index in [-0.39, 0.29) is 5.66 Å². The van der Waals surface area contributed by atoms with E-state index in [1.165, 1.54) is 25.7 Å². The molecule has 3 heteroatoms. The summed E-state index contributed by atoms with van der Waals surface area (Å²) in [5.74, 6) is 0. The van der Waals surface area contributed by atoms with Crippen molar-refractivity contribution in [3.8, 4) is 0 Å². The number of hydrogen-bond acceptors (Lipinski definition) is 2. The highest BCUT2D eigenvalue weighted by molar-refractivity contribution is 5.48. The average molecular weight is 184 g/mol. The maximum Gasteiger partial charge on any atom is 0.210 e. The molecule has 1 saturated carbocycles. The molecule has 1 rings (SSSR count). The first kappa shape index (κ1) is 10.5. The maximum atomic E-state index is 10.8. The lowest BCUT2D eigenvalue weighted by Gasteiger charge is -2.39. The first-order valence-corrected chi connectivity index (χ1v) is 5.12. The molecule has 0 spiro atoms. The van der Waals surface area contributed by atoms with Gasteiger partial charge < -0.3 is 4.90 Å². The third kappa shape index (κ3) is 2.21. The molecule has 0 unspecified atom stereocenters. The van der Waals surface area contributed by atoms with Crippen molar-refractivity contribution in [2.75, 3.05) is 14.1 Å². The lowest BCUT2D eigenvalue weighted by Crippen LogP contribution is -2.55. The SMILES string of the molecule is CNC1(N(C)C=O)CCCCCC1. The molecule has 1 aliphatic rings. The van der Waals surface area contributed by atoms with Gasteiger partial charge in [-0.2, -0.15) is 0 Å². The second-order valence-corrected chi connectivity index (χ2v) is 3.91. The number of rotatable bonds is 3. The molecule has 0 bridgehead atoms. The fourth-order valence-corrected chi connectivity index (χ4v) is 2.19. The largest absolute Gasteiger partial charge is 0.330 e. The summed E-state index contributed by atoms with van der Waals surface area (Å²) in [6, 6.07) is 0. The third-order valence-corrected chi connectivity index (χ3v) is 3.23. The molecule has 13 heavy (non-hydrogen) atoms. The first-order chi connectivity index (χ1) is 6.25. The van der Waals surface area contributed by atoms with Crippen molar-refractivity contribution in [1.29, 1.82) is 0 Å². The van der Waals surface area contributed by atoms with Crippen LogP contribution in [0.3, 0.4) is 0 Å². The van der Waals surface area contributed by atoms with Gasteiger partial charge in [0.2, 0.25) is 6.41 Å². The van der Waals surface area contributed by atoms with E-state index in [0.717, 1.165) is 19.3 Å². The average Bonchev–Trinajstić information content (AvgIpc) is 2.42. The Labute approximate surface area is 80.5 Å². The highest BCUT2D eigenvalue weighted by atomic mass is 16.1. The van der Waals surface area contributed by atoms with Crippen molar-refractivity contribution in [2.24, 2.45) is 0 Å². The summed E-state index contributed by atoms with van der Waals surface area (Å²) in [6.45, 7) is 0. The van der Waals surface area contributed by atoms with Crippen molar-refractivity contribution in [1.82, 2.24) is 10.2 Å². The van der Waals surface area contributed by atoms with Crippen LogP contribution in [0.5, 0.6) is 0 Å². The predicted octanol–water partition coefficient (Wildman–Crippen LogP) is 1.34. The Morgan fingerprint density at radius 1 is 1.23 bits per heavy atom. The first-order valence-electron chi connectivity index (χ1n) is 5.12. The number of carbonyl (C=O) groups is 1. The van der Waals surface area contributed by atoms with Crippen LogP contribution in [0.25, 0.3) is 0 Å². The summed E-state index contributed by atoms with van der Waals surface area (Å²) < 4.78 is 0. The molecule has 0 atom stereocenters. The smallest absolute Gasteiger partial charge is 0.210 e. The normalized spacial score (nSPS) is 22.0. The van der Waals surface area contributed by atoms with Crippen LogP contribution in [0.15, 0.2) is 0 Å². The molecule has 0 aromatic carbocycles. The molecule has 0 heterocycles. The van der Waals surface area contributed by atoms with Gasteiger partial charge in [-0.15, -0.1) is 0 Å². The quantitative estimate of drug-likeness (QED) is 0.408. The second kappa shape index (κ2) is 4.61. The fourth-order valence-electron chi connectivity index (χ4n) is 2.19.